The lowest BCUT2D eigenvalue weighted by Crippen LogP contribution is -2.46. The summed E-state index contributed by atoms with van der Waals surface area (Å²) in [5.41, 5.74) is -3.56. The summed E-state index contributed by atoms with van der Waals surface area (Å²) in [5.74, 6) is -7.50. The van der Waals surface area contributed by atoms with Gasteiger partial charge in [-0.05, 0) is 11.1 Å². The number of fused-ring (bicyclic) bond motifs is 2. The van der Waals surface area contributed by atoms with Gasteiger partial charge in [0.2, 0.25) is 0 Å². The van der Waals surface area contributed by atoms with Crippen molar-refractivity contribution in [2.24, 2.45) is 0 Å². The Morgan fingerprint density at radius 3 is 2.18 bits per heavy atom. The maximum atomic E-state index is 13.0. The quantitative estimate of drug-likeness (QED) is 0.104. The molecule has 0 bridgehead atoms. The Hall–Kier alpha value is -3.41. The van der Waals surface area contributed by atoms with Crippen LogP contribution in [-0.2, 0) is 14.5 Å². The van der Waals surface area contributed by atoms with Gasteiger partial charge in [-0.15, -0.1) is 0 Å². The van der Waals surface area contributed by atoms with Gasteiger partial charge in [0.05, 0.1) is 17.7 Å². The van der Waals surface area contributed by atoms with E-state index in [0.29, 0.717) is 6.07 Å². The molecule has 0 aromatic heterocycles. The van der Waals surface area contributed by atoms with E-state index in [1.54, 1.807) is 0 Å². The highest BCUT2D eigenvalue weighted by molar-refractivity contribution is 6.16. The molecule has 34 heavy (non-hydrogen) atoms. The van der Waals surface area contributed by atoms with Gasteiger partial charge >= 0.3 is 0 Å². The molecule has 1 aliphatic carbocycles. The minimum absolute atomic E-state index is 0.569. The molecule has 5 unspecified atom stereocenters. The van der Waals surface area contributed by atoms with Crippen LogP contribution in [0.15, 0.2) is 6.07 Å². The fourth-order valence-electron chi connectivity index (χ4n) is 4.02. The summed E-state index contributed by atoms with van der Waals surface area (Å²) in [6.07, 6.45) is -9.43. The normalized spacial score (nSPS) is 26.1. The third-order valence-corrected chi connectivity index (χ3v) is 5.53. The molecular formula is C19H18O15. The van der Waals surface area contributed by atoms with Gasteiger partial charge in [0.15, 0.2) is 41.4 Å². The summed E-state index contributed by atoms with van der Waals surface area (Å²) >= 11 is 0. The van der Waals surface area contributed by atoms with Crippen molar-refractivity contribution < 1.29 is 75.4 Å². The summed E-state index contributed by atoms with van der Waals surface area (Å²) in [7, 11) is 0. The molecule has 10 N–H and O–H groups in total. The summed E-state index contributed by atoms with van der Waals surface area (Å²) < 4.78 is 9.98. The lowest BCUT2D eigenvalue weighted by atomic mass is 9.79. The van der Waals surface area contributed by atoms with Crippen molar-refractivity contribution in [2.75, 3.05) is 6.61 Å². The predicted molar refractivity (Wildman–Crippen MR) is 101 cm³/mol. The SMILES string of the molecule is O=C1c2cc(O)c(OOO)c(O)c2C(O)c2c(O)c(C3OC(CO)OC(O)C3O)c(O)c(O)c21. The number of aromatic hydroxyl groups is 5. The molecule has 0 spiro atoms. The zero-order chi connectivity index (χ0) is 25.1. The summed E-state index contributed by atoms with van der Waals surface area (Å²) in [5, 5.41) is 105. The average molecular weight is 486 g/mol. The smallest absolute Gasteiger partial charge is 0.252 e. The molecule has 184 valence electrons. The monoisotopic (exact) mass is 486 g/mol. The predicted octanol–water partition coefficient (Wildman–Crippen LogP) is -1.29. The number of aliphatic hydroxyl groups is 4. The average Bonchev–Trinajstić information content (AvgIpc) is 2.79. The Balaban J connectivity index is 1.96. The molecule has 2 aliphatic rings. The van der Waals surface area contributed by atoms with Crippen molar-refractivity contribution in [1.82, 2.24) is 0 Å². The standard InChI is InChI=1S/C19H18O15/c20-2-5-31-18(16(28)19(29)32-5)9-12(24)8-7(13(25)14(9)26)10(22)3-1-4(21)17(33-34-30)15(27)6(3)11(8)23/h1,5,11,16,18-21,23-30H,2H2. The van der Waals surface area contributed by atoms with Gasteiger partial charge in [0.1, 0.15) is 24.1 Å². The maximum Gasteiger partial charge on any atom is 0.252 e. The third kappa shape index (κ3) is 3.27. The first-order valence-electron chi connectivity index (χ1n) is 9.43. The number of ketones is 1. The van der Waals surface area contributed by atoms with E-state index in [9.17, 15) is 50.8 Å². The molecule has 0 saturated carbocycles. The van der Waals surface area contributed by atoms with Gasteiger partial charge in [-0.2, -0.15) is 0 Å². The molecule has 5 atom stereocenters. The van der Waals surface area contributed by atoms with E-state index in [1.165, 1.54) is 0 Å². The lowest BCUT2D eigenvalue weighted by molar-refractivity contribution is -0.439. The molecule has 1 fully saturated rings. The number of carbonyl (C=O) groups excluding carboxylic acids is 1. The van der Waals surface area contributed by atoms with E-state index >= 15 is 0 Å². The summed E-state index contributed by atoms with van der Waals surface area (Å²) in [6, 6.07) is 0.701. The maximum absolute atomic E-state index is 13.0. The first-order valence-corrected chi connectivity index (χ1v) is 9.43. The van der Waals surface area contributed by atoms with Gasteiger partial charge in [-0.1, -0.05) is 0 Å². The number of benzene rings is 2. The highest BCUT2D eigenvalue weighted by atomic mass is 17.5. The number of aliphatic hydroxyl groups excluding tert-OH is 4. The molecule has 15 nitrogen and oxygen atoms in total. The Morgan fingerprint density at radius 2 is 1.56 bits per heavy atom. The summed E-state index contributed by atoms with van der Waals surface area (Å²) in [4.78, 5) is 17.3. The minimum atomic E-state index is -2.12. The molecule has 0 amide bonds. The number of carbonyl (C=O) groups is 1. The molecular weight excluding hydrogens is 468 g/mol. The first kappa shape index (κ1) is 23.7. The van der Waals surface area contributed by atoms with E-state index in [1.807, 2.05) is 0 Å². The highest BCUT2D eigenvalue weighted by Gasteiger charge is 2.46. The van der Waals surface area contributed by atoms with Gasteiger partial charge in [-0.3, -0.25) is 4.79 Å². The van der Waals surface area contributed by atoms with Crippen molar-refractivity contribution in [3.63, 3.8) is 0 Å². The van der Waals surface area contributed by atoms with Crippen LogP contribution in [0.5, 0.6) is 34.5 Å². The van der Waals surface area contributed by atoms with Crippen LogP contribution >= 0.6 is 0 Å². The Labute approximate surface area is 187 Å². The van der Waals surface area contributed by atoms with Crippen molar-refractivity contribution in [1.29, 1.82) is 0 Å². The Kier molecular flexibility index (Phi) is 5.88. The lowest BCUT2D eigenvalue weighted by Gasteiger charge is -2.38. The van der Waals surface area contributed by atoms with Crippen molar-refractivity contribution in [3.8, 4) is 34.5 Å². The van der Waals surface area contributed by atoms with Crippen LogP contribution in [-0.4, -0.2) is 82.3 Å². The van der Waals surface area contributed by atoms with Crippen LogP contribution in [0.25, 0.3) is 0 Å². The number of phenols is 5. The molecule has 0 radical (unpaired) electrons. The largest absolute Gasteiger partial charge is 0.507 e. The van der Waals surface area contributed by atoms with E-state index in [4.69, 9.17) is 14.7 Å². The highest BCUT2D eigenvalue weighted by Crippen LogP contribution is 2.56. The molecule has 1 heterocycles. The van der Waals surface area contributed by atoms with E-state index in [0.717, 1.165) is 0 Å². The zero-order valence-corrected chi connectivity index (χ0v) is 16.7. The fourth-order valence-corrected chi connectivity index (χ4v) is 4.02. The van der Waals surface area contributed by atoms with Gasteiger partial charge in [0, 0.05) is 16.7 Å². The van der Waals surface area contributed by atoms with Crippen LogP contribution < -0.4 is 4.89 Å². The number of phenolic OH excluding ortho intramolecular Hbond substituents is 5. The second kappa shape index (κ2) is 8.42. The number of hydrogen-bond acceptors (Lipinski definition) is 15. The molecule has 4 rings (SSSR count). The molecule has 2 aromatic rings. The van der Waals surface area contributed by atoms with Crippen LogP contribution in [0.2, 0.25) is 0 Å². The van der Waals surface area contributed by atoms with Crippen LogP contribution in [0.3, 0.4) is 0 Å². The summed E-state index contributed by atoms with van der Waals surface area (Å²) in [6.45, 7) is -0.819. The van der Waals surface area contributed by atoms with Crippen LogP contribution in [0.1, 0.15) is 44.8 Å². The minimum Gasteiger partial charge on any atom is -0.507 e. The number of ether oxygens (including phenoxy) is 2. The van der Waals surface area contributed by atoms with Crippen LogP contribution in [0, 0.1) is 0 Å². The molecule has 2 aromatic carbocycles. The first-order chi connectivity index (χ1) is 16.0. The molecule has 1 saturated heterocycles. The number of hydrogen-bond donors (Lipinski definition) is 10. The van der Waals surface area contributed by atoms with Crippen molar-refractivity contribution >= 4 is 5.78 Å². The van der Waals surface area contributed by atoms with E-state index in [2.05, 4.69) is 9.93 Å². The number of rotatable bonds is 4. The Bertz CT molecular complexity index is 1160. The van der Waals surface area contributed by atoms with Crippen LogP contribution in [0.4, 0.5) is 0 Å². The topological polar surface area (TPSA) is 256 Å². The van der Waals surface area contributed by atoms with Crippen molar-refractivity contribution in [3.05, 3.63) is 33.9 Å². The zero-order valence-electron chi connectivity index (χ0n) is 16.7. The van der Waals surface area contributed by atoms with Gasteiger partial charge in [-0.25, -0.2) is 5.26 Å². The van der Waals surface area contributed by atoms with Gasteiger partial charge < -0.3 is 60.3 Å². The van der Waals surface area contributed by atoms with Gasteiger partial charge in [0.25, 0.3) is 5.75 Å². The molecule has 1 aliphatic heterocycles. The Morgan fingerprint density at radius 1 is 0.882 bits per heavy atom. The van der Waals surface area contributed by atoms with Crippen molar-refractivity contribution in [2.45, 2.75) is 30.9 Å². The fraction of sp³-hybridized carbons (Fsp3) is 0.316. The third-order valence-electron chi connectivity index (χ3n) is 5.53. The molecule has 15 heteroatoms. The second-order valence-electron chi connectivity index (χ2n) is 7.36. The van der Waals surface area contributed by atoms with E-state index < -0.39 is 106 Å². The second-order valence-corrected chi connectivity index (χ2v) is 7.36. The van der Waals surface area contributed by atoms with E-state index in [-0.39, 0.29) is 0 Å².